The highest BCUT2D eigenvalue weighted by molar-refractivity contribution is 5.24. The van der Waals surface area contributed by atoms with Crippen LogP contribution in [0.15, 0.2) is 24.3 Å². The Morgan fingerprint density at radius 1 is 1.20 bits per heavy atom. The topological polar surface area (TPSA) is 20.2 Å². The van der Waals surface area contributed by atoms with Gasteiger partial charge in [0, 0.05) is 5.92 Å². The number of aryl methyl sites for hydroxylation is 1. The molecule has 2 atom stereocenters. The Kier molecular flexibility index (Phi) is 4.21. The van der Waals surface area contributed by atoms with Crippen molar-refractivity contribution >= 4 is 0 Å². The summed E-state index contributed by atoms with van der Waals surface area (Å²) in [6, 6.07) is 7.14. The van der Waals surface area contributed by atoms with Crippen LogP contribution in [0.25, 0.3) is 0 Å². The molecule has 0 saturated heterocycles. The largest absolute Gasteiger partial charge is 0.388 e. The lowest BCUT2D eigenvalue weighted by atomic mass is 9.97. The normalized spacial score (nSPS) is 15.3. The van der Waals surface area contributed by atoms with Crippen molar-refractivity contribution in [2.24, 2.45) is 5.92 Å². The lowest BCUT2D eigenvalue weighted by Gasteiger charge is -2.18. The van der Waals surface area contributed by atoms with Crippen LogP contribution >= 0.6 is 0 Å². The van der Waals surface area contributed by atoms with E-state index in [-0.39, 0.29) is 0 Å². The fourth-order valence-corrected chi connectivity index (χ4v) is 1.39. The van der Waals surface area contributed by atoms with Gasteiger partial charge in [-0.2, -0.15) is 0 Å². The third-order valence-corrected chi connectivity index (χ3v) is 2.62. The van der Waals surface area contributed by atoms with E-state index in [4.69, 9.17) is 0 Å². The molecule has 0 aliphatic rings. The van der Waals surface area contributed by atoms with Gasteiger partial charge in [0.15, 0.2) is 0 Å². The lowest BCUT2D eigenvalue weighted by molar-refractivity contribution is 0.000630. The summed E-state index contributed by atoms with van der Waals surface area (Å²) in [7, 11) is 0. The van der Waals surface area contributed by atoms with Crippen molar-refractivity contribution < 1.29 is 13.9 Å². The highest BCUT2D eigenvalue weighted by Gasteiger charge is 2.24. The molecule has 3 heteroatoms. The molecule has 0 aromatic heterocycles. The van der Waals surface area contributed by atoms with Gasteiger partial charge in [-0.05, 0) is 17.5 Å². The summed E-state index contributed by atoms with van der Waals surface area (Å²) in [5, 5.41) is 9.64. The second-order valence-electron chi connectivity index (χ2n) is 3.73. The van der Waals surface area contributed by atoms with Crippen LogP contribution in [0.4, 0.5) is 8.78 Å². The van der Waals surface area contributed by atoms with E-state index in [1.807, 2.05) is 19.1 Å². The number of alkyl halides is 2. The van der Waals surface area contributed by atoms with Gasteiger partial charge in [-0.15, -0.1) is 0 Å². The number of halogens is 2. The van der Waals surface area contributed by atoms with E-state index < -0.39 is 18.4 Å². The van der Waals surface area contributed by atoms with Crippen molar-refractivity contribution in [3.05, 3.63) is 35.4 Å². The molecular formula is C12H16F2O. The zero-order chi connectivity index (χ0) is 11.4. The molecule has 0 radical (unpaired) electrons. The maximum absolute atomic E-state index is 12.3. The molecule has 0 amide bonds. The third-order valence-electron chi connectivity index (χ3n) is 2.62. The minimum absolute atomic E-state index is 0.556. The Labute approximate surface area is 88.7 Å². The first-order valence-electron chi connectivity index (χ1n) is 5.11. The Bertz CT molecular complexity index is 295. The second-order valence-corrected chi connectivity index (χ2v) is 3.73. The number of hydrogen-bond donors (Lipinski definition) is 1. The third kappa shape index (κ3) is 2.99. The van der Waals surface area contributed by atoms with E-state index in [9.17, 15) is 13.9 Å². The van der Waals surface area contributed by atoms with E-state index in [1.54, 1.807) is 12.1 Å². The van der Waals surface area contributed by atoms with Crippen LogP contribution in [0, 0.1) is 5.92 Å². The molecule has 1 aromatic rings. The summed E-state index contributed by atoms with van der Waals surface area (Å²) in [4.78, 5) is 0. The van der Waals surface area contributed by atoms with Crippen molar-refractivity contribution in [3.63, 3.8) is 0 Å². The summed E-state index contributed by atoms with van der Waals surface area (Å²) in [5.74, 6) is -1.03. The molecular weight excluding hydrogens is 198 g/mol. The Morgan fingerprint density at radius 2 is 1.73 bits per heavy atom. The highest BCUT2D eigenvalue weighted by Crippen LogP contribution is 2.26. The summed E-state index contributed by atoms with van der Waals surface area (Å²) in [5.41, 5.74) is 1.69. The molecule has 0 aliphatic carbocycles. The van der Waals surface area contributed by atoms with Crippen LogP contribution < -0.4 is 0 Å². The first-order valence-corrected chi connectivity index (χ1v) is 5.11. The van der Waals surface area contributed by atoms with Gasteiger partial charge < -0.3 is 5.11 Å². The molecule has 0 aliphatic heterocycles. The first kappa shape index (κ1) is 12.1. The molecule has 2 unspecified atom stereocenters. The van der Waals surface area contributed by atoms with Gasteiger partial charge in [-0.1, -0.05) is 38.1 Å². The fraction of sp³-hybridized carbons (Fsp3) is 0.500. The maximum atomic E-state index is 12.3. The average Bonchev–Trinajstić information content (AvgIpc) is 2.27. The minimum atomic E-state index is -2.49. The summed E-state index contributed by atoms with van der Waals surface area (Å²) in [6.07, 6.45) is -2.68. The van der Waals surface area contributed by atoms with Gasteiger partial charge in [0.2, 0.25) is 6.43 Å². The van der Waals surface area contributed by atoms with Crippen LogP contribution in [-0.2, 0) is 6.42 Å². The van der Waals surface area contributed by atoms with E-state index in [2.05, 4.69) is 0 Å². The minimum Gasteiger partial charge on any atom is -0.388 e. The SMILES string of the molecule is CCc1ccc(C(O)C(C)C(F)F)cc1. The maximum Gasteiger partial charge on any atom is 0.243 e. The van der Waals surface area contributed by atoms with Crippen molar-refractivity contribution in [1.82, 2.24) is 0 Å². The monoisotopic (exact) mass is 214 g/mol. The first-order chi connectivity index (χ1) is 7.06. The number of benzene rings is 1. The van der Waals surface area contributed by atoms with Gasteiger partial charge in [-0.25, -0.2) is 8.78 Å². The summed E-state index contributed by atoms with van der Waals surface area (Å²) < 4.78 is 24.7. The van der Waals surface area contributed by atoms with Gasteiger partial charge >= 0.3 is 0 Å². The molecule has 1 rings (SSSR count). The second kappa shape index (κ2) is 5.21. The highest BCUT2D eigenvalue weighted by atomic mass is 19.3. The van der Waals surface area contributed by atoms with Crippen LogP contribution in [0.1, 0.15) is 31.1 Å². The molecule has 0 fully saturated rings. The van der Waals surface area contributed by atoms with Crippen molar-refractivity contribution in [1.29, 1.82) is 0 Å². The molecule has 0 saturated carbocycles. The van der Waals surface area contributed by atoms with E-state index >= 15 is 0 Å². The van der Waals surface area contributed by atoms with Crippen molar-refractivity contribution in [3.8, 4) is 0 Å². The quantitative estimate of drug-likeness (QED) is 0.816. The van der Waals surface area contributed by atoms with Crippen LogP contribution in [0.3, 0.4) is 0 Å². The predicted octanol–water partition coefficient (Wildman–Crippen LogP) is 3.18. The molecule has 0 heterocycles. The van der Waals surface area contributed by atoms with Gasteiger partial charge in [0.25, 0.3) is 0 Å². The number of aliphatic hydroxyl groups excluding tert-OH is 1. The molecule has 1 aromatic carbocycles. The number of rotatable bonds is 4. The summed E-state index contributed by atoms with van der Waals surface area (Å²) in [6.45, 7) is 3.37. The Morgan fingerprint density at radius 3 is 2.13 bits per heavy atom. The number of hydrogen-bond acceptors (Lipinski definition) is 1. The zero-order valence-corrected chi connectivity index (χ0v) is 8.95. The predicted molar refractivity (Wildman–Crippen MR) is 55.9 cm³/mol. The molecule has 0 bridgehead atoms. The van der Waals surface area contributed by atoms with E-state index in [0.717, 1.165) is 12.0 Å². The lowest BCUT2D eigenvalue weighted by Crippen LogP contribution is -2.16. The van der Waals surface area contributed by atoms with E-state index in [1.165, 1.54) is 6.92 Å². The van der Waals surface area contributed by atoms with Crippen molar-refractivity contribution in [2.45, 2.75) is 32.8 Å². The van der Waals surface area contributed by atoms with Gasteiger partial charge in [0.05, 0.1) is 6.10 Å². The molecule has 0 spiro atoms. The smallest absolute Gasteiger partial charge is 0.243 e. The average molecular weight is 214 g/mol. The van der Waals surface area contributed by atoms with Crippen LogP contribution in [0.5, 0.6) is 0 Å². The Hall–Kier alpha value is -0.960. The van der Waals surface area contributed by atoms with Gasteiger partial charge in [-0.3, -0.25) is 0 Å². The fourth-order valence-electron chi connectivity index (χ4n) is 1.39. The zero-order valence-electron chi connectivity index (χ0n) is 8.95. The number of aliphatic hydroxyl groups is 1. The molecule has 15 heavy (non-hydrogen) atoms. The van der Waals surface area contributed by atoms with E-state index in [0.29, 0.717) is 5.56 Å². The van der Waals surface area contributed by atoms with Crippen LogP contribution in [-0.4, -0.2) is 11.5 Å². The Balaban J connectivity index is 2.78. The molecule has 1 N–H and O–H groups in total. The summed E-state index contributed by atoms with van der Waals surface area (Å²) >= 11 is 0. The standard InChI is InChI=1S/C12H16F2O/c1-3-9-4-6-10(7-5-9)11(15)8(2)12(13)14/h4-8,11-12,15H,3H2,1-2H3. The molecule has 1 nitrogen and oxygen atoms in total. The van der Waals surface area contributed by atoms with Crippen LogP contribution in [0.2, 0.25) is 0 Å². The van der Waals surface area contributed by atoms with Crippen molar-refractivity contribution in [2.75, 3.05) is 0 Å². The molecule has 84 valence electrons. The van der Waals surface area contributed by atoms with Gasteiger partial charge in [0.1, 0.15) is 0 Å².